The highest BCUT2D eigenvalue weighted by molar-refractivity contribution is 6.32. The number of rotatable bonds is 2. The van der Waals surface area contributed by atoms with Gasteiger partial charge in [0, 0.05) is 16.1 Å². The van der Waals surface area contributed by atoms with Crippen LogP contribution in [0.5, 0.6) is 5.75 Å². The second-order valence-corrected chi connectivity index (χ2v) is 6.96. The van der Waals surface area contributed by atoms with Gasteiger partial charge >= 0.3 is 0 Å². The van der Waals surface area contributed by atoms with Crippen molar-refractivity contribution in [2.45, 2.75) is 50.3 Å². The minimum absolute atomic E-state index is 0.0459. The summed E-state index contributed by atoms with van der Waals surface area (Å²) in [6, 6.07) is 3.51. The predicted molar refractivity (Wildman–Crippen MR) is 93.3 cm³/mol. The van der Waals surface area contributed by atoms with E-state index in [2.05, 4.69) is 11.8 Å². The summed E-state index contributed by atoms with van der Waals surface area (Å²) < 4.78 is 5.47. The SMILES string of the molecule is CC#Cc1cc(Cl)c(C2C(=O)C3(CCCC3)N(C)C2O)c(OC)c1. The quantitative estimate of drug-likeness (QED) is 0.836. The highest BCUT2D eigenvalue weighted by Crippen LogP contribution is 2.50. The topological polar surface area (TPSA) is 49.8 Å². The number of carbonyl (C=O) groups excluding carboxylic acids is 1. The minimum Gasteiger partial charge on any atom is -0.496 e. The van der Waals surface area contributed by atoms with Crippen molar-refractivity contribution >= 4 is 17.4 Å². The third-order valence-corrected chi connectivity index (χ3v) is 5.75. The van der Waals surface area contributed by atoms with Gasteiger partial charge in [0.05, 0.1) is 18.6 Å². The summed E-state index contributed by atoms with van der Waals surface area (Å²) in [5, 5.41) is 11.2. The van der Waals surface area contributed by atoms with Crippen molar-refractivity contribution in [3.8, 4) is 17.6 Å². The molecular formula is C19H22ClNO3. The minimum atomic E-state index is -0.898. The summed E-state index contributed by atoms with van der Waals surface area (Å²) in [4.78, 5) is 15.1. The Hall–Kier alpha value is -1.54. The summed E-state index contributed by atoms with van der Waals surface area (Å²) in [5.74, 6) is 5.63. The molecule has 0 aromatic heterocycles. The molecule has 1 N–H and O–H groups in total. The van der Waals surface area contributed by atoms with Crippen molar-refractivity contribution in [3.05, 3.63) is 28.3 Å². The Morgan fingerprint density at radius 3 is 2.62 bits per heavy atom. The van der Waals surface area contributed by atoms with Gasteiger partial charge in [0.25, 0.3) is 0 Å². The number of likely N-dealkylation sites (N-methyl/N-ethyl adjacent to an activating group) is 1. The Bertz CT molecular complexity index is 728. The lowest BCUT2D eigenvalue weighted by molar-refractivity contribution is -0.125. The summed E-state index contributed by atoms with van der Waals surface area (Å²) in [6.07, 6.45) is 2.69. The average molecular weight is 348 g/mol. The Balaban J connectivity index is 2.11. The van der Waals surface area contributed by atoms with Crippen LogP contribution in [0.3, 0.4) is 0 Å². The standard InChI is InChI=1S/C19H22ClNO3/c1-4-7-12-10-13(20)15(14(11-12)24-3)16-17(22)19(8-5-6-9-19)21(2)18(16)23/h10-11,16,18,23H,5-6,8-9H2,1-3H3. The maximum absolute atomic E-state index is 13.2. The first-order valence-electron chi connectivity index (χ1n) is 8.22. The molecule has 24 heavy (non-hydrogen) atoms. The lowest BCUT2D eigenvalue weighted by Gasteiger charge is -2.31. The molecule has 0 bridgehead atoms. The number of Topliss-reactive ketones (excluding diaryl/α,β-unsaturated/α-hetero) is 1. The van der Waals surface area contributed by atoms with Gasteiger partial charge < -0.3 is 9.84 Å². The van der Waals surface area contributed by atoms with Crippen LogP contribution in [-0.4, -0.2) is 41.7 Å². The number of benzene rings is 1. The van der Waals surface area contributed by atoms with Gasteiger partial charge in [0.1, 0.15) is 12.0 Å². The zero-order chi connectivity index (χ0) is 17.5. The molecule has 128 valence electrons. The number of ether oxygens (including phenoxy) is 1. The molecule has 2 atom stereocenters. The predicted octanol–water partition coefficient (Wildman–Crippen LogP) is 2.95. The molecule has 1 saturated carbocycles. The molecule has 1 aromatic rings. The molecular weight excluding hydrogens is 326 g/mol. The van der Waals surface area contributed by atoms with Crippen molar-refractivity contribution in [1.29, 1.82) is 0 Å². The normalized spacial score (nSPS) is 25.8. The molecule has 1 spiro atoms. The van der Waals surface area contributed by atoms with Crippen molar-refractivity contribution in [3.63, 3.8) is 0 Å². The fraction of sp³-hybridized carbons (Fsp3) is 0.526. The number of methoxy groups -OCH3 is 1. The highest BCUT2D eigenvalue weighted by atomic mass is 35.5. The number of halogens is 1. The van der Waals surface area contributed by atoms with Gasteiger partial charge in [-0.2, -0.15) is 0 Å². The van der Waals surface area contributed by atoms with E-state index in [9.17, 15) is 9.90 Å². The fourth-order valence-electron chi connectivity index (χ4n) is 4.19. The summed E-state index contributed by atoms with van der Waals surface area (Å²) in [7, 11) is 3.37. The first-order chi connectivity index (χ1) is 11.5. The Kier molecular flexibility index (Phi) is 4.61. The molecule has 4 nitrogen and oxygen atoms in total. The summed E-state index contributed by atoms with van der Waals surface area (Å²) in [6.45, 7) is 1.75. The smallest absolute Gasteiger partial charge is 0.164 e. The average Bonchev–Trinajstić information content (AvgIpc) is 3.11. The fourth-order valence-corrected chi connectivity index (χ4v) is 4.52. The number of likely N-dealkylation sites (tertiary alicyclic amines) is 1. The zero-order valence-corrected chi connectivity index (χ0v) is 15.0. The molecule has 1 aliphatic heterocycles. The van der Waals surface area contributed by atoms with Crippen LogP contribution in [0.2, 0.25) is 5.02 Å². The lowest BCUT2D eigenvalue weighted by Crippen LogP contribution is -2.46. The zero-order valence-electron chi connectivity index (χ0n) is 14.2. The van der Waals surface area contributed by atoms with Crippen LogP contribution in [0.4, 0.5) is 0 Å². The van der Waals surface area contributed by atoms with E-state index in [1.807, 2.05) is 11.9 Å². The van der Waals surface area contributed by atoms with Crippen molar-refractivity contribution in [1.82, 2.24) is 4.90 Å². The van der Waals surface area contributed by atoms with Crippen LogP contribution in [0.1, 0.15) is 49.7 Å². The van der Waals surface area contributed by atoms with Crippen LogP contribution in [-0.2, 0) is 4.79 Å². The van der Waals surface area contributed by atoms with Crippen LogP contribution >= 0.6 is 11.6 Å². The van der Waals surface area contributed by atoms with Gasteiger partial charge in [-0.15, -0.1) is 5.92 Å². The molecule has 1 heterocycles. The van der Waals surface area contributed by atoms with E-state index < -0.39 is 17.7 Å². The van der Waals surface area contributed by atoms with E-state index in [1.165, 1.54) is 0 Å². The third kappa shape index (κ3) is 2.43. The number of hydrogen-bond donors (Lipinski definition) is 1. The number of carbonyl (C=O) groups is 1. The monoisotopic (exact) mass is 347 g/mol. The van der Waals surface area contributed by atoms with Crippen LogP contribution in [0.15, 0.2) is 12.1 Å². The molecule has 0 amide bonds. The van der Waals surface area contributed by atoms with Gasteiger partial charge in [-0.3, -0.25) is 9.69 Å². The molecule has 5 heteroatoms. The Morgan fingerprint density at radius 1 is 1.38 bits per heavy atom. The van der Waals surface area contributed by atoms with E-state index in [4.69, 9.17) is 16.3 Å². The second kappa shape index (κ2) is 6.40. The highest BCUT2D eigenvalue weighted by Gasteiger charge is 2.58. The summed E-state index contributed by atoms with van der Waals surface area (Å²) in [5.41, 5.74) is 0.723. The third-order valence-electron chi connectivity index (χ3n) is 5.43. The molecule has 1 saturated heterocycles. The molecule has 0 radical (unpaired) electrons. The van der Waals surface area contributed by atoms with Crippen LogP contribution in [0.25, 0.3) is 0 Å². The van der Waals surface area contributed by atoms with Gasteiger partial charge in [-0.1, -0.05) is 30.4 Å². The number of nitrogens with zero attached hydrogens (tertiary/aromatic N) is 1. The van der Waals surface area contributed by atoms with Gasteiger partial charge in [0.15, 0.2) is 5.78 Å². The first-order valence-corrected chi connectivity index (χ1v) is 8.59. The van der Waals surface area contributed by atoms with Crippen molar-refractivity contribution in [2.75, 3.05) is 14.2 Å². The Labute approximate surface area is 147 Å². The van der Waals surface area contributed by atoms with Gasteiger partial charge in [-0.25, -0.2) is 0 Å². The van der Waals surface area contributed by atoms with Crippen LogP contribution < -0.4 is 4.74 Å². The molecule has 2 unspecified atom stereocenters. The molecule has 2 aliphatic rings. The number of aliphatic hydroxyl groups is 1. The van der Waals surface area contributed by atoms with Gasteiger partial charge in [0.2, 0.25) is 0 Å². The number of ketones is 1. The van der Waals surface area contributed by atoms with E-state index in [0.29, 0.717) is 16.3 Å². The van der Waals surface area contributed by atoms with E-state index >= 15 is 0 Å². The van der Waals surface area contributed by atoms with E-state index in [0.717, 1.165) is 31.2 Å². The Morgan fingerprint density at radius 2 is 2.04 bits per heavy atom. The maximum Gasteiger partial charge on any atom is 0.164 e. The molecule has 3 rings (SSSR count). The van der Waals surface area contributed by atoms with Crippen molar-refractivity contribution < 1.29 is 14.6 Å². The number of aliphatic hydroxyl groups excluding tert-OH is 1. The van der Waals surface area contributed by atoms with E-state index in [-0.39, 0.29) is 5.78 Å². The second-order valence-electron chi connectivity index (χ2n) is 6.55. The largest absolute Gasteiger partial charge is 0.496 e. The van der Waals surface area contributed by atoms with Crippen molar-refractivity contribution in [2.24, 2.45) is 0 Å². The first kappa shape index (κ1) is 17.3. The number of hydrogen-bond acceptors (Lipinski definition) is 4. The summed E-state index contributed by atoms with van der Waals surface area (Å²) >= 11 is 6.47. The van der Waals surface area contributed by atoms with Gasteiger partial charge in [-0.05, 0) is 38.9 Å². The molecule has 1 aliphatic carbocycles. The molecule has 2 fully saturated rings. The lowest BCUT2D eigenvalue weighted by atomic mass is 9.84. The van der Waals surface area contributed by atoms with E-state index in [1.54, 1.807) is 26.2 Å². The maximum atomic E-state index is 13.2. The molecule has 1 aromatic carbocycles. The van der Waals surface area contributed by atoms with Crippen LogP contribution in [0, 0.1) is 11.8 Å².